The summed E-state index contributed by atoms with van der Waals surface area (Å²) < 4.78 is 10.8. The lowest BCUT2D eigenvalue weighted by Gasteiger charge is -2.27. The summed E-state index contributed by atoms with van der Waals surface area (Å²) in [6.07, 6.45) is 0. The number of hydrogen-bond acceptors (Lipinski definition) is 4. The molecule has 1 aromatic carbocycles. The summed E-state index contributed by atoms with van der Waals surface area (Å²) in [5, 5.41) is 3.37. The van der Waals surface area contributed by atoms with Gasteiger partial charge >= 0.3 is 0 Å². The van der Waals surface area contributed by atoms with E-state index in [1.165, 1.54) is 5.56 Å². The number of piperazine rings is 1. The van der Waals surface area contributed by atoms with Crippen LogP contribution in [0.2, 0.25) is 0 Å². The highest BCUT2D eigenvalue weighted by Crippen LogP contribution is 2.19. The largest absolute Gasteiger partial charge is 0.491 e. The molecule has 0 aliphatic carbocycles. The number of ether oxygens (including phenoxy) is 2. The van der Waals surface area contributed by atoms with Crippen LogP contribution in [0.3, 0.4) is 0 Å². The van der Waals surface area contributed by atoms with Gasteiger partial charge in [0.1, 0.15) is 12.4 Å². The third-order valence-electron chi connectivity index (χ3n) is 3.12. The molecule has 4 nitrogen and oxygen atoms in total. The van der Waals surface area contributed by atoms with Crippen molar-refractivity contribution in [2.24, 2.45) is 0 Å². The maximum absolute atomic E-state index is 5.75. The van der Waals surface area contributed by atoms with Crippen LogP contribution >= 0.6 is 0 Å². The average molecular weight is 250 g/mol. The molecule has 2 rings (SSSR count). The topological polar surface area (TPSA) is 33.7 Å². The predicted octanol–water partition coefficient (Wildman–Crippen LogP) is 1.12. The van der Waals surface area contributed by atoms with E-state index in [9.17, 15) is 0 Å². The van der Waals surface area contributed by atoms with Gasteiger partial charge in [-0.05, 0) is 6.07 Å². The van der Waals surface area contributed by atoms with E-state index in [0.717, 1.165) is 38.5 Å². The second-order valence-electron chi connectivity index (χ2n) is 4.48. The van der Waals surface area contributed by atoms with Gasteiger partial charge in [0.2, 0.25) is 0 Å². The van der Waals surface area contributed by atoms with E-state index in [1.807, 2.05) is 12.1 Å². The van der Waals surface area contributed by atoms with Crippen molar-refractivity contribution in [3.63, 3.8) is 0 Å². The van der Waals surface area contributed by atoms with E-state index in [4.69, 9.17) is 9.47 Å². The zero-order valence-corrected chi connectivity index (χ0v) is 11.0. The zero-order valence-electron chi connectivity index (χ0n) is 11.0. The molecule has 4 heteroatoms. The number of benzene rings is 1. The normalized spacial score (nSPS) is 16.7. The van der Waals surface area contributed by atoms with Crippen LogP contribution in [0.4, 0.5) is 0 Å². The van der Waals surface area contributed by atoms with Gasteiger partial charge < -0.3 is 14.8 Å². The number of para-hydroxylation sites is 1. The Kier molecular flexibility index (Phi) is 5.45. The summed E-state index contributed by atoms with van der Waals surface area (Å²) in [5.41, 5.74) is 1.26. The van der Waals surface area contributed by atoms with Gasteiger partial charge in [0.25, 0.3) is 0 Å². The fourth-order valence-corrected chi connectivity index (χ4v) is 2.12. The lowest BCUT2D eigenvalue weighted by molar-refractivity contribution is 0.144. The predicted molar refractivity (Wildman–Crippen MR) is 72.0 cm³/mol. The number of hydrogen-bond donors (Lipinski definition) is 1. The average Bonchev–Trinajstić information content (AvgIpc) is 2.42. The molecule has 0 radical (unpaired) electrons. The van der Waals surface area contributed by atoms with Crippen molar-refractivity contribution in [3.05, 3.63) is 29.8 Å². The van der Waals surface area contributed by atoms with E-state index < -0.39 is 0 Å². The van der Waals surface area contributed by atoms with Crippen LogP contribution in [0.25, 0.3) is 0 Å². The highest BCUT2D eigenvalue weighted by molar-refractivity contribution is 5.33. The standard InChI is InChI=1S/C14H22N2O2/c1-17-10-11-18-14-5-3-2-4-13(14)12-16-8-6-15-7-9-16/h2-5,15H,6-12H2,1H3. The molecule has 18 heavy (non-hydrogen) atoms. The number of methoxy groups -OCH3 is 1. The van der Waals surface area contributed by atoms with Gasteiger partial charge in [0.05, 0.1) is 6.61 Å². The third-order valence-corrected chi connectivity index (χ3v) is 3.12. The fourth-order valence-electron chi connectivity index (χ4n) is 2.12. The molecule has 0 saturated carbocycles. The minimum absolute atomic E-state index is 0.606. The Bertz CT molecular complexity index is 351. The smallest absolute Gasteiger partial charge is 0.123 e. The first-order valence-electron chi connectivity index (χ1n) is 6.53. The first kappa shape index (κ1) is 13.3. The summed E-state index contributed by atoms with van der Waals surface area (Å²) in [6, 6.07) is 8.27. The van der Waals surface area contributed by atoms with Gasteiger partial charge in [0, 0.05) is 45.4 Å². The summed E-state index contributed by atoms with van der Waals surface area (Å²) >= 11 is 0. The SMILES string of the molecule is COCCOc1ccccc1CN1CCNCC1. The van der Waals surface area contributed by atoms with Crippen LogP contribution in [0.5, 0.6) is 5.75 Å². The highest BCUT2D eigenvalue weighted by Gasteiger charge is 2.12. The molecule has 0 aromatic heterocycles. The van der Waals surface area contributed by atoms with Crippen LogP contribution in [-0.2, 0) is 11.3 Å². The molecule has 1 heterocycles. The van der Waals surface area contributed by atoms with E-state index >= 15 is 0 Å². The Labute approximate surface area is 109 Å². The van der Waals surface area contributed by atoms with Gasteiger partial charge in [-0.3, -0.25) is 4.90 Å². The van der Waals surface area contributed by atoms with Gasteiger partial charge in [-0.25, -0.2) is 0 Å². The molecule has 1 aliphatic heterocycles. The molecule has 0 unspecified atom stereocenters. The molecular weight excluding hydrogens is 228 g/mol. The second kappa shape index (κ2) is 7.36. The lowest BCUT2D eigenvalue weighted by Crippen LogP contribution is -2.42. The van der Waals surface area contributed by atoms with Gasteiger partial charge in [0.15, 0.2) is 0 Å². The van der Waals surface area contributed by atoms with Crippen LogP contribution in [0.15, 0.2) is 24.3 Å². The summed E-state index contributed by atoms with van der Waals surface area (Å²) in [7, 11) is 1.69. The van der Waals surface area contributed by atoms with Crippen LogP contribution in [0, 0.1) is 0 Å². The quantitative estimate of drug-likeness (QED) is 0.767. The number of rotatable bonds is 6. The first-order valence-corrected chi connectivity index (χ1v) is 6.53. The Hall–Kier alpha value is -1.10. The first-order chi connectivity index (χ1) is 8.90. The maximum Gasteiger partial charge on any atom is 0.123 e. The molecule has 100 valence electrons. The summed E-state index contributed by atoms with van der Waals surface area (Å²) in [4.78, 5) is 2.45. The van der Waals surface area contributed by atoms with Crippen molar-refractivity contribution >= 4 is 0 Å². The van der Waals surface area contributed by atoms with Crippen LogP contribution in [0.1, 0.15) is 5.56 Å². The second-order valence-corrected chi connectivity index (χ2v) is 4.48. The lowest BCUT2D eigenvalue weighted by atomic mass is 10.2. The Balaban J connectivity index is 1.93. The minimum Gasteiger partial charge on any atom is -0.491 e. The third kappa shape index (κ3) is 3.98. The van der Waals surface area contributed by atoms with Crippen molar-refractivity contribution in [2.75, 3.05) is 46.5 Å². The van der Waals surface area contributed by atoms with Gasteiger partial charge in [-0.2, -0.15) is 0 Å². The Morgan fingerprint density at radius 3 is 2.72 bits per heavy atom. The van der Waals surface area contributed by atoms with E-state index in [1.54, 1.807) is 7.11 Å². The summed E-state index contributed by atoms with van der Waals surface area (Å²) in [5.74, 6) is 0.980. The summed E-state index contributed by atoms with van der Waals surface area (Å²) in [6.45, 7) is 6.56. The van der Waals surface area contributed by atoms with Gasteiger partial charge in [-0.15, -0.1) is 0 Å². The van der Waals surface area contributed by atoms with Gasteiger partial charge in [-0.1, -0.05) is 18.2 Å². The highest BCUT2D eigenvalue weighted by atomic mass is 16.5. The minimum atomic E-state index is 0.606. The molecule has 0 atom stereocenters. The molecule has 1 saturated heterocycles. The van der Waals surface area contributed by atoms with E-state index in [2.05, 4.69) is 22.3 Å². The zero-order chi connectivity index (χ0) is 12.6. The molecule has 0 bridgehead atoms. The van der Waals surface area contributed by atoms with Crippen molar-refractivity contribution in [1.82, 2.24) is 10.2 Å². The molecule has 1 aliphatic rings. The fraction of sp³-hybridized carbons (Fsp3) is 0.571. The van der Waals surface area contributed by atoms with Crippen LogP contribution in [-0.4, -0.2) is 51.4 Å². The molecular formula is C14H22N2O2. The van der Waals surface area contributed by atoms with E-state index in [-0.39, 0.29) is 0 Å². The molecule has 0 spiro atoms. The monoisotopic (exact) mass is 250 g/mol. The molecule has 1 fully saturated rings. The molecule has 0 amide bonds. The van der Waals surface area contributed by atoms with Crippen molar-refractivity contribution in [1.29, 1.82) is 0 Å². The Morgan fingerprint density at radius 1 is 1.17 bits per heavy atom. The molecule has 1 N–H and O–H groups in total. The number of nitrogens with one attached hydrogen (secondary N) is 1. The van der Waals surface area contributed by atoms with Crippen molar-refractivity contribution in [3.8, 4) is 5.75 Å². The molecule has 1 aromatic rings. The van der Waals surface area contributed by atoms with Crippen molar-refractivity contribution < 1.29 is 9.47 Å². The van der Waals surface area contributed by atoms with Crippen LogP contribution < -0.4 is 10.1 Å². The Morgan fingerprint density at radius 2 is 1.94 bits per heavy atom. The number of nitrogens with zero attached hydrogens (tertiary/aromatic N) is 1. The van der Waals surface area contributed by atoms with E-state index in [0.29, 0.717) is 13.2 Å². The maximum atomic E-state index is 5.75. The van der Waals surface area contributed by atoms with Crippen molar-refractivity contribution in [2.45, 2.75) is 6.54 Å².